The van der Waals surface area contributed by atoms with Gasteiger partial charge in [0.15, 0.2) is 5.58 Å². The van der Waals surface area contributed by atoms with Gasteiger partial charge in [0, 0.05) is 52.0 Å². The van der Waals surface area contributed by atoms with Crippen molar-refractivity contribution in [1.29, 1.82) is 0 Å². The summed E-state index contributed by atoms with van der Waals surface area (Å²) in [5.41, 5.74) is 21.9. The van der Waals surface area contributed by atoms with Crippen molar-refractivity contribution >= 4 is 68.3 Å². The summed E-state index contributed by atoms with van der Waals surface area (Å²) in [4.78, 5) is 14.3. The Morgan fingerprint density at radius 2 is 0.773 bits per heavy atom. The molecule has 9 aromatic carbocycles. The summed E-state index contributed by atoms with van der Waals surface area (Å²) in [5, 5.41) is 0. The van der Waals surface area contributed by atoms with Crippen molar-refractivity contribution in [2.75, 3.05) is 9.80 Å². The predicted octanol–water partition coefficient (Wildman–Crippen LogP) is 13.6. The third kappa shape index (κ3) is 6.34. The smallest absolute Gasteiger partial charge is 0.252 e. The molecular weight excluding hydrogens is 803 g/mol. The van der Waals surface area contributed by atoms with Gasteiger partial charge in [0.2, 0.25) is 5.89 Å². The van der Waals surface area contributed by atoms with E-state index in [0.29, 0.717) is 11.5 Å². The van der Waals surface area contributed by atoms with Crippen LogP contribution in [0.1, 0.15) is 0 Å². The maximum atomic E-state index is 6.58. The highest BCUT2D eigenvalue weighted by molar-refractivity contribution is 7.00. The molecule has 5 nitrogen and oxygen atoms in total. The molecule has 0 atom stereocenters. The molecule has 2 aromatic heterocycles. The molecule has 66 heavy (non-hydrogen) atoms. The third-order valence-corrected chi connectivity index (χ3v) is 13.2. The number of fused-ring (bicyclic) bond motifs is 5. The predicted molar refractivity (Wildman–Crippen MR) is 273 cm³/mol. The van der Waals surface area contributed by atoms with E-state index < -0.39 is 0 Å². The van der Waals surface area contributed by atoms with E-state index in [1.165, 1.54) is 49.8 Å². The highest BCUT2D eigenvalue weighted by atomic mass is 16.3. The van der Waals surface area contributed by atoms with Crippen LogP contribution in [0.4, 0.5) is 34.1 Å². The second-order valence-corrected chi connectivity index (χ2v) is 17.0. The zero-order chi connectivity index (χ0) is 43.6. The van der Waals surface area contributed by atoms with Crippen molar-refractivity contribution in [1.82, 2.24) is 9.97 Å². The molecule has 0 saturated heterocycles. The Kier molecular flexibility index (Phi) is 8.88. The lowest BCUT2D eigenvalue weighted by Crippen LogP contribution is -2.61. The van der Waals surface area contributed by atoms with E-state index in [-0.39, 0.29) is 6.71 Å². The Morgan fingerprint density at radius 3 is 1.21 bits per heavy atom. The number of pyridine rings is 1. The molecule has 13 rings (SSSR count). The van der Waals surface area contributed by atoms with Crippen LogP contribution in [0.2, 0.25) is 0 Å². The summed E-state index contributed by atoms with van der Waals surface area (Å²) >= 11 is 0. The first kappa shape index (κ1) is 37.8. The van der Waals surface area contributed by atoms with Crippen molar-refractivity contribution in [3.05, 3.63) is 237 Å². The Hall–Kier alpha value is -8.74. The second kappa shape index (κ2) is 15.5. The van der Waals surface area contributed by atoms with Gasteiger partial charge in [0.1, 0.15) is 5.52 Å². The van der Waals surface area contributed by atoms with Gasteiger partial charge in [-0.3, -0.25) is 4.98 Å². The van der Waals surface area contributed by atoms with E-state index in [2.05, 4.69) is 233 Å². The fourth-order valence-electron chi connectivity index (χ4n) is 10.1. The minimum atomic E-state index is -0.117. The molecule has 0 radical (unpaired) electrons. The van der Waals surface area contributed by atoms with Gasteiger partial charge in [-0.2, -0.15) is 0 Å². The SMILES string of the molecule is c1ccc(-c2ccc(N3c4ccc(-c5ccccc5)cc4B4c5cc(-c6ccccc6)ccc5N(c5ccc(-c6ccccc6)cc5)c5cc(-c6nc7cnccc7o6)cc3c54)cc2)cc1. The van der Waals surface area contributed by atoms with Crippen LogP contribution in [0.3, 0.4) is 0 Å². The average molecular weight is 843 g/mol. The van der Waals surface area contributed by atoms with Crippen molar-refractivity contribution in [2.24, 2.45) is 0 Å². The monoisotopic (exact) mass is 842 g/mol. The normalized spacial score (nSPS) is 12.5. The van der Waals surface area contributed by atoms with Crippen LogP contribution >= 0.6 is 0 Å². The zero-order valence-corrected chi connectivity index (χ0v) is 35.8. The van der Waals surface area contributed by atoms with Crippen LogP contribution in [-0.4, -0.2) is 16.7 Å². The number of hydrogen-bond acceptors (Lipinski definition) is 5. The van der Waals surface area contributed by atoms with Crippen LogP contribution in [0.5, 0.6) is 0 Å². The van der Waals surface area contributed by atoms with E-state index in [9.17, 15) is 0 Å². The summed E-state index contributed by atoms with van der Waals surface area (Å²) < 4.78 is 6.58. The summed E-state index contributed by atoms with van der Waals surface area (Å²) in [6.07, 6.45) is 3.52. The van der Waals surface area contributed by atoms with E-state index in [1.54, 1.807) is 12.4 Å². The average Bonchev–Trinajstić information content (AvgIpc) is 3.84. The third-order valence-electron chi connectivity index (χ3n) is 13.2. The number of nitrogens with zero attached hydrogens (tertiary/aromatic N) is 4. The quantitative estimate of drug-likeness (QED) is 0.150. The molecule has 0 saturated carbocycles. The summed E-state index contributed by atoms with van der Waals surface area (Å²) in [6.45, 7) is -0.117. The molecule has 6 heteroatoms. The molecule has 4 heterocycles. The molecule has 0 N–H and O–H groups in total. The van der Waals surface area contributed by atoms with Gasteiger partial charge in [0.25, 0.3) is 6.71 Å². The summed E-state index contributed by atoms with van der Waals surface area (Å²) in [6, 6.07) is 81.1. The van der Waals surface area contributed by atoms with Crippen LogP contribution < -0.4 is 26.2 Å². The van der Waals surface area contributed by atoms with Crippen LogP contribution in [-0.2, 0) is 0 Å². The summed E-state index contributed by atoms with van der Waals surface area (Å²) in [5.74, 6) is 0.544. The van der Waals surface area contributed by atoms with Gasteiger partial charge in [-0.05, 0) is 109 Å². The van der Waals surface area contributed by atoms with E-state index in [0.717, 1.165) is 56.3 Å². The van der Waals surface area contributed by atoms with Gasteiger partial charge in [-0.1, -0.05) is 170 Å². The Balaban J connectivity index is 1.11. The molecule has 308 valence electrons. The Bertz CT molecular complexity index is 3350. The van der Waals surface area contributed by atoms with Gasteiger partial charge < -0.3 is 14.2 Å². The number of anilines is 6. The number of rotatable bonds is 7. The molecule has 0 bridgehead atoms. The van der Waals surface area contributed by atoms with Crippen LogP contribution in [0.15, 0.2) is 241 Å². The number of benzene rings is 9. The topological polar surface area (TPSA) is 45.4 Å². The number of hydrogen-bond donors (Lipinski definition) is 0. The molecule has 2 aliphatic rings. The highest BCUT2D eigenvalue weighted by Crippen LogP contribution is 2.47. The number of aromatic nitrogens is 2. The zero-order valence-electron chi connectivity index (χ0n) is 35.8. The van der Waals surface area contributed by atoms with E-state index >= 15 is 0 Å². The molecule has 0 spiro atoms. The highest BCUT2D eigenvalue weighted by Gasteiger charge is 2.44. The first-order valence-electron chi connectivity index (χ1n) is 22.4. The summed E-state index contributed by atoms with van der Waals surface area (Å²) in [7, 11) is 0. The van der Waals surface area contributed by atoms with Gasteiger partial charge in [-0.25, -0.2) is 4.98 Å². The number of oxazole rings is 1. The minimum absolute atomic E-state index is 0.117. The van der Waals surface area contributed by atoms with Gasteiger partial charge in [0.05, 0.1) is 6.20 Å². The molecule has 2 aliphatic heterocycles. The van der Waals surface area contributed by atoms with E-state index in [1.807, 2.05) is 6.07 Å². The first-order chi connectivity index (χ1) is 32.7. The first-order valence-corrected chi connectivity index (χ1v) is 22.4. The largest absolute Gasteiger partial charge is 0.436 e. The van der Waals surface area contributed by atoms with Crippen molar-refractivity contribution in [3.63, 3.8) is 0 Å². The second-order valence-electron chi connectivity index (χ2n) is 17.0. The maximum absolute atomic E-state index is 6.58. The lowest BCUT2D eigenvalue weighted by Gasteiger charge is -2.44. The van der Waals surface area contributed by atoms with Crippen LogP contribution in [0, 0.1) is 0 Å². The van der Waals surface area contributed by atoms with Crippen LogP contribution in [0.25, 0.3) is 67.1 Å². The van der Waals surface area contributed by atoms with Gasteiger partial charge >= 0.3 is 0 Å². The minimum Gasteiger partial charge on any atom is -0.436 e. The van der Waals surface area contributed by atoms with Gasteiger partial charge in [-0.15, -0.1) is 0 Å². The fraction of sp³-hybridized carbons (Fsp3) is 0. The molecule has 0 aliphatic carbocycles. The lowest BCUT2D eigenvalue weighted by atomic mass is 9.33. The standard InChI is InChI=1S/C60H39BN4O/c1-5-13-40(14-6-1)44-21-27-49(28-22-44)64-54-31-25-46(42-17-9-3-10-18-42)35-51(54)61-52-36-47(43-19-11-4-12-20-43)26-32-55(52)65(50-29-23-45(24-30-50)41-15-7-2-8-16-41)57-38-48(37-56(64)59(57)61)60-63-53-39-62-34-33-58(53)66-60/h1-39H. The molecule has 0 fully saturated rings. The van der Waals surface area contributed by atoms with E-state index in [4.69, 9.17) is 9.40 Å². The molecule has 11 aromatic rings. The van der Waals surface area contributed by atoms with Crippen molar-refractivity contribution in [3.8, 4) is 56.0 Å². The lowest BCUT2D eigenvalue weighted by molar-refractivity contribution is 0.619. The molecular formula is C60H39BN4O. The Morgan fingerprint density at radius 1 is 0.364 bits per heavy atom. The molecule has 0 amide bonds. The fourth-order valence-corrected chi connectivity index (χ4v) is 10.1. The van der Waals surface area contributed by atoms with Crippen molar-refractivity contribution < 1.29 is 4.42 Å². The molecule has 0 unspecified atom stereocenters. The Labute approximate surface area is 383 Å². The maximum Gasteiger partial charge on any atom is 0.252 e. The van der Waals surface area contributed by atoms with Crippen molar-refractivity contribution in [2.45, 2.75) is 0 Å².